The molecule has 0 saturated heterocycles. The minimum atomic E-state index is 0.0717. The smallest absolute Gasteiger partial charge is 0.152 e. The summed E-state index contributed by atoms with van der Waals surface area (Å²) in [6.45, 7) is 1.55. The third-order valence-corrected chi connectivity index (χ3v) is 3.81. The molecule has 0 aliphatic heterocycles. The van der Waals surface area contributed by atoms with E-state index in [1.165, 1.54) is 10.4 Å². The van der Waals surface area contributed by atoms with Gasteiger partial charge in [-0.25, -0.2) is 0 Å². The Kier molecular flexibility index (Phi) is 3.92. The molecule has 1 aromatic heterocycles. The van der Waals surface area contributed by atoms with Crippen molar-refractivity contribution < 1.29 is 4.79 Å². The molecule has 0 N–H and O–H groups in total. The number of carbonyl (C=O) groups excluding carboxylic acids is 1. The molecule has 2 aromatic rings. The van der Waals surface area contributed by atoms with Gasteiger partial charge in [0.15, 0.2) is 5.78 Å². The molecule has 0 aliphatic carbocycles. The Bertz CT molecular complexity index is 569. The van der Waals surface area contributed by atoms with Gasteiger partial charge in [0.05, 0.1) is 0 Å². The molecule has 0 aliphatic rings. The lowest BCUT2D eigenvalue weighted by atomic mass is 10.2. The summed E-state index contributed by atoms with van der Waals surface area (Å²) < 4.78 is 1.07. The first-order chi connectivity index (χ1) is 8.15. The Hall–Kier alpha value is -1.19. The van der Waals surface area contributed by atoms with Gasteiger partial charge in [-0.1, -0.05) is 28.1 Å². The normalized spacial score (nSPS) is 10.9. The van der Waals surface area contributed by atoms with Crippen molar-refractivity contribution in [3.05, 3.63) is 51.8 Å². The van der Waals surface area contributed by atoms with Crippen LogP contribution >= 0.6 is 27.3 Å². The minimum Gasteiger partial charge on any atom is -0.295 e. The van der Waals surface area contributed by atoms with Gasteiger partial charge in [0.1, 0.15) is 0 Å². The zero-order chi connectivity index (χ0) is 12.3. The number of hydrogen-bond acceptors (Lipinski definition) is 2. The number of halogens is 1. The minimum absolute atomic E-state index is 0.0717. The van der Waals surface area contributed by atoms with Crippen LogP contribution in [-0.4, -0.2) is 5.78 Å². The van der Waals surface area contributed by atoms with Crippen molar-refractivity contribution in [3.8, 4) is 10.4 Å². The van der Waals surface area contributed by atoms with Crippen LogP contribution in [0.3, 0.4) is 0 Å². The summed E-state index contributed by atoms with van der Waals surface area (Å²) in [5.74, 6) is 0.0717. The van der Waals surface area contributed by atoms with E-state index in [0.717, 1.165) is 9.35 Å². The van der Waals surface area contributed by atoms with Gasteiger partial charge in [-0.05, 0) is 48.9 Å². The Morgan fingerprint density at radius 3 is 2.82 bits per heavy atom. The molecule has 0 bridgehead atoms. The quantitative estimate of drug-likeness (QED) is 0.746. The molecule has 2 rings (SSSR count). The molecule has 1 heterocycles. The van der Waals surface area contributed by atoms with Crippen LogP contribution in [0.1, 0.15) is 11.8 Å². The molecule has 3 heteroatoms. The fourth-order valence-electron chi connectivity index (χ4n) is 1.44. The van der Waals surface area contributed by atoms with E-state index in [4.69, 9.17) is 0 Å². The van der Waals surface area contributed by atoms with Crippen LogP contribution in [0.5, 0.6) is 0 Å². The van der Waals surface area contributed by atoms with Crippen LogP contribution in [0.15, 0.2) is 46.9 Å². The van der Waals surface area contributed by atoms with Crippen molar-refractivity contribution in [2.75, 3.05) is 0 Å². The van der Waals surface area contributed by atoms with E-state index in [9.17, 15) is 4.79 Å². The summed E-state index contributed by atoms with van der Waals surface area (Å²) in [4.78, 5) is 13.1. The second-order valence-electron chi connectivity index (χ2n) is 3.66. The third-order valence-electron chi connectivity index (χ3n) is 2.22. The van der Waals surface area contributed by atoms with Gasteiger partial charge < -0.3 is 0 Å². The van der Waals surface area contributed by atoms with E-state index >= 15 is 0 Å². The molecule has 0 amide bonds. The first-order valence-electron chi connectivity index (χ1n) is 5.19. The zero-order valence-electron chi connectivity index (χ0n) is 9.31. The highest BCUT2D eigenvalue weighted by molar-refractivity contribution is 9.10. The number of allylic oxidation sites excluding steroid dienone is 1. The average Bonchev–Trinajstić information content (AvgIpc) is 2.75. The highest BCUT2D eigenvalue weighted by atomic mass is 79.9. The first-order valence-corrected chi connectivity index (χ1v) is 6.80. The van der Waals surface area contributed by atoms with E-state index in [1.807, 2.05) is 24.3 Å². The van der Waals surface area contributed by atoms with Crippen LogP contribution in [0, 0.1) is 0 Å². The maximum absolute atomic E-state index is 10.9. The van der Waals surface area contributed by atoms with Crippen molar-refractivity contribution >= 4 is 39.1 Å². The lowest BCUT2D eigenvalue weighted by Crippen LogP contribution is -1.77. The van der Waals surface area contributed by atoms with Crippen molar-refractivity contribution in [2.24, 2.45) is 0 Å². The molecule has 1 nitrogen and oxygen atoms in total. The third kappa shape index (κ3) is 3.38. The zero-order valence-corrected chi connectivity index (χ0v) is 11.7. The van der Waals surface area contributed by atoms with Crippen LogP contribution in [0.2, 0.25) is 0 Å². The lowest BCUT2D eigenvalue weighted by Gasteiger charge is -1.97. The van der Waals surface area contributed by atoms with E-state index in [-0.39, 0.29) is 5.78 Å². The highest BCUT2D eigenvalue weighted by Gasteiger charge is 2.01. The molecule has 0 fully saturated rings. The molecule has 0 radical (unpaired) electrons. The predicted molar refractivity (Wildman–Crippen MR) is 77.2 cm³/mol. The Balaban J connectivity index is 2.27. The molecule has 0 spiro atoms. The summed E-state index contributed by atoms with van der Waals surface area (Å²) in [5.41, 5.74) is 1.19. The second-order valence-corrected chi connectivity index (χ2v) is 5.69. The Morgan fingerprint density at radius 1 is 1.29 bits per heavy atom. The number of hydrogen-bond donors (Lipinski definition) is 0. The standard InChI is InChI=1S/C14H11BrOS/c1-10(16)5-6-13-7-8-14(17-13)11-3-2-4-12(15)9-11/h2-9H,1H3. The van der Waals surface area contributed by atoms with Crippen LogP contribution in [0.4, 0.5) is 0 Å². The molecular formula is C14H11BrOS. The first kappa shape index (κ1) is 12.3. The van der Waals surface area contributed by atoms with Crippen LogP contribution < -0.4 is 0 Å². The van der Waals surface area contributed by atoms with Gasteiger partial charge in [-0.3, -0.25) is 4.79 Å². The summed E-state index contributed by atoms with van der Waals surface area (Å²) >= 11 is 5.14. The van der Waals surface area contributed by atoms with E-state index in [1.54, 1.807) is 24.3 Å². The molecule has 0 saturated carbocycles. The fraction of sp³-hybridized carbons (Fsp3) is 0.0714. The van der Waals surface area contributed by atoms with E-state index in [2.05, 4.69) is 34.1 Å². The van der Waals surface area contributed by atoms with Gasteiger partial charge in [0.2, 0.25) is 0 Å². The maximum atomic E-state index is 10.9. The second kappa shape index (κ2) is 5.43. The molecule has 0 unspecified atom stereocenters. The number of ketones is 1. The molecule has 0 atom stereocenters. The van der Waals surface area contributed by atoms with Gasteiger partial charge in [0, 0.05) is 14.2 Å². The molecular weight excluding hydrogens is 296 g/mol. The van der Waals surface area contributed by atoms with Crippen molar-refractivity contribution in [2.45, 2.75) is 6.92 Å². The fourth-order valence-corrected chi connectivity index (χ4v) is 2.75. The molecule has 1 aromatic carbocycles. The number of carbonyl (C=O) groups is 1. The van der Waals surface area contributed by atoms with Crippen LogP contribution in [-0.2, 0) is 4.79 Å². The monoisotopic (exact) mass is 306 g/mol. The Morgan fingerprint density at radius 2 is 2.12 bits per heavy atom. The summed E-state index contributed by atoms with van der Waals surface area (Å²) in [5, 5.41) is 0. The number of benzene rings is 1. The van der Waals surface area contributed by atoms with Crippen LogP contribution in [0.25, 0.3) is 16.5 Å². The molecule has 86 valence electrons. The maximum Gasteiger partial charge on any atom is 0.152 e. The van der Waals surface area contributed by atoms with E-state index < -0.39 is 0 Å². The molecule has 17 heavy (non-hydrogen) atoms. The van der Waals surface area contributed by atoms with E-state index in [0.29, 0.717) is 0 Å². The topological polar surface area (TPSA) is 17.1 Å². The Labute approximate surface area is 113 Å². The SMILES string of the molecule is CC(=O)C=Cc1ccc(-c2cccc(Br)c2)s1. The van der Waals surface area contributed by atoms with Gasteiger partial charge >= 0.3 is 0 Å². The summed E-state index contributed by atoms with van der Waals surface area (Å²) in [6, 6.07) is 12.3. The van der Waals surface area contributed by atoms with Gasteiger partial charge in [-0.15, -0.1) is 11.3 Å². The van der Waals surface area contributed by atoms with Crippen molar-refractivity contribution in [3.63, 3.8) is 0 Å². The summed E-state index contributed by atoms with van der Waals surface area (Å²) in [7, 11) is 0. The lowest BCUT2D eigenvalue weighted by molar-refractivity contribution is -0.112. The van der Waals surface area contributed by atoms with Gasteiger partial charge in [-0.2, -0.15) is 0 Å². The highest BCUT2D eigenvalue weighted by Crippen LogP contribution is 2.30. The summed E-state index contributed by atoms with van der Waals surface area (Å²) in [6.07, 6.45) is 3.45. The van der Waals surface area contributed by atoms with Gasteiger partial charge in [0.25, 0.3) is 0 Å². The number of rotatable bonds is 3. The largest absolute Gasteiger partial charge is 0.295 e. The van der Waals surface area contributed by atoms with Crippen molar-refractivity contribution in [1.82, 2.24) is 0 Å². The average molecular weight is 307 g/mol. The predicted octanol–water partition coefficient (Wildman–Crippen LogP) is 4.78. The van der Waals surface area contributed by atoms with Crippen molar-refractivity contribution in [1.29, 1.82) is 0 Å². The number of thiophene rings is 1.